The maximum atomic E-state index is 12.6. The molecule has 0 spiro atoms. The lowest BCUT2D eigenvalue weighted by atomic mass is 10.1. The van der Waals surface area contributed by atoms with Gasteiger partial charge in [-0.25, -0.2) is 8.42 Å². The van der Waals surface area contributed by atoms with Gasteiger partial charge < -0.3 is 10.2 Å². The Morgan fingerprint density at radius 2 is 1.93 bits per heavy atom. The van der Waals surface area contributed by atoms with Crippen LogP contribution in [0.15, 0.2) is 47.5 Å². The highest BCUT2D eigenvalue weighted by molar-refractivity contribution is 8.14. The fraction of sp³-hybridized carbons (Fsp3) is 0.333. The largest absolute Gasteiger partial charge is 0.325 e. The third-order valence-corrected chi connectivity index (χ3v) is 8.13. The minimum Gasteiger partial charge on any atom is -0.325 e. The molecule has 0 aliphatic carbocycles. The zero-order chi connectivity index (χ0) is 21.5. The Labute approximate surface area is 185 Å². The highest BCUT2D eigenvalue weighted by Gasteiger charge is 2.47. The van der Waals surface area contributed by atoms with E-state index in [1.54, 1.807) is 12.1 Å². The fourth-order valence-corrected chi connectivity index (χ4v) is 6.62. The van der Waals surface area contributed by atoms with E-state index in [1.165, 1.54) is 11.8 Å². The molecule has 1 amide bonds. The van der Waals surface area contributed by atoms with Crippen molar-refractivity contribution in [3.63, 3.8) is 0 Å². The number of amidine groups is 1. The molecular formula is C21H22ClN3O3S2. The molecule has 1 fully saturated rings. The number of hydrogen-bond acceptors (Lipinski definition) is 6. The standard InChI is InChI=1S/C21H22ClN3O3S2/c1-13-3-4-14(2)17(9-13)23-20(26)10-29-21-24-18-11-30(27,28)12-19(18)25(21)16-7-5-15(22)6-8-16/h3-9,18-19H,10-12H2,1-2H3,(H,23,26)/t18-,19-/m0/s1. The van der Waals surface area contributed by atoms with Crippen molar-refractivity contribution in [2.45, 2.75) is 25.9 Å². The van der Waals surface area contributed by atoms with Crippen LogP contribution in [0.1, 0.15) is 11.1 Å². The number of anilines is 2. The van der Waals surface area contributed by atoms with Gasteiger partial charge in [0.15, 0.2) is 15.0 Å². The van der Waals surface area contributed by atoms with Gasteiger partial charge >= 0.3 is 0 Å². The Bertz CT molecular complexity index is 1120. The summed E-state index contributed by atoms with van der Waals surface area (Å²) >= 11 is 7.33. The summed E-state index contributed by atoms with van der Waals surface area (Å²) in [6, 6.07) is 12.6. The van der Waals surface area contributed by atoms with Gasteiger partial charge in [-0.2, -0.15) is 0 Å². The summed E-state index contributed by atoms with van der Waals surface area (Å²) in [7, 11) is -3.12. The van der Waals surface area contributed by atoms with E-state index in [0.29, 0.717) is 10.2 Å². The van der Waals surface area contributed by atoms with Crippen LogP contribution in [0.25, 0.3) is 0 Å². The monoisotopic (exact) mass is 463 g/mol. The van der Waals surface area contributed by atoms with Crippen LogP contribution in [-0.4, -0.2) is 48.8 Å². The maximum Gasteiger partial charge on any atom is 0.234 e. The van der Waals surface area contributed by atoms with Crippen molar-refractivity contribution in [2.24, 2.45) is 4.99 Å². The molecule has 2 aromatic rings. The summed E-state index contributed by atoms with van der Waals surface area (Å²) in [6.45, 7) is 3.93. The van der Waals surface area contributed by atoms with Crippen molar-refractivity contribution < 1.29 is 13.2 Å². The number of halogens is 1. The first-order chi connectivity index (χ1) is 14.2. The molecule has 2 heterocycles. The zero-order valence-corrected chi connectivity index (χ0v) is 19.0. The zero-order valence-electron chi connectivity index (χ0n) is 16.6. The van der Waals surface area contributed by atoms with E-state index in [2.05, 4.69) is 10.3 Å². The molecule has 0 saturated carbocycles. The molecule has 1 saturated heterocycles. The summed E-state index contributed by atoms with van der Waals surface area (Å²) in [5.41, 5.74) is 3.70. The topological polar surface area (TPSA) is 78.8 Å². The SMILES string of the molecule is Cc1ccc(C)c(NC(=O)CSC2=N[C@H]3CS(=O)(=O)C[C@@H]3N2c2ccc(Cl)cc2)c1. The van der Waals surface area contributed by atoms with Crippen LogP contribution >= 0.6 is 23.4 Å². The lowest BCUT2D eigenvalue weighted by molar-refractivity contribution is -0.113. The summed E-state index contributed by atoms with van der Waals surface area (Å²) in [5, 5.41) is 4.22. The number of rotatable bonds is 4. The van der Waals surface area contributed by atoms with Crippen LogP contribution < -0.4 is 10.2 Å². The van der Waals surface area contributed by atoms with E-state index in [-0.39, 0.29) is 35.2 Å². The summed E-state index contributed by atoms with van der Waals surface area (Å²) < 4.78 is 24.2. The van der Waals surface area contributed by atoms with Gasteiger partial charge in [0.05, 0.1) is 29.3 Å². The molecule has 0 radical (unpaired) electrons. The Morgan fingerprint density at radius 1 is 1.20 bits per heavy atom. The number of nitrogens with one attached hydrogen (secondary N) is 1. The molecule has 0 bridgehead atoms. The number of benzene rings is 2. The molecule has 2 atom stereocenters. The van der Waals surface area contributed by atoms with Crippen LogP contribution in [-0.2, 0) is 14.6 Å². The van der Waals surface area contributed by atoms with Crippen LogP contribution in [0.5, 0.6) is 0 Å². The molecule has 6 nitrogen and oxygen atoms in total. The summed E-state index contributed by atoms with van der Waals surface area (Å²) in [6.07, 6.45) is 0. The lowest BCUT2D eigenvalue weighted by Crippen LogP contribution is -2.39. The molecule has 0 unspecified atom stereocenters. The Hall–Kier alpha value is -2.03. The predicted octanol–water partition coefficient (Wildman–Crippen LogP) is 3.67. The molecular weight excluding hydrogens is 442 g/mol. The first kappa shape index (κ1) is 21.2. The molecule has 1 N–H and O–H groups in total. The van der Waals surface area contributed by atoms with Crippen molar-refractivity contribution in [1.29, 1.82) is 0 Å². The predicted molar refractivity (Wildman–Crippen MR) is 125 cm³/mol. The van der Waals surface area contributed by atoms with E-state index in [9.17, 15) is 13.2 Å². The molecule has 2 aliphatic heterocycles. The summed E-state index contributed by atoms with van der Waals surface area (Å²) in [4.78, 5) is 19.1. The van der Waals surface area contributed by atoms with E-state index in [0.717, 1.165) is 22.5 Å². The molecule has 9 heteroatoms. The van der Waals surface area contributed by atoms with E-state index in [4.69, 9.17) is 11.6 Å². The first-order valence-corrected chi connectivity index (χ1v) is 12.7. The van der Waals surface area contributed by atoms with Crippen LogP contribution in [0, 0.1) is 13.8 Å². The van der Waals surface area contributed by atoms with Gasteiger partial charge in [0.2, 0.25) is 5.91 Å². The van der Waals surface area contributed by atoms with Crippen molar-refractivity contribution in [3.05, 3.63) is 58.6 Å². The smallest absolute Gasteiger partial charge is 0.234 e. The van der Waals surface area contributed by atoms with E-state index >= 15 is 0 Å². The van der Waals surface area contributed by atoms with Crippen molar-refractivity contribution in [1.82, 2.24) is 0 Å². The molecule has 158 valence electrons. The third kappa shape index (κ3) is 4.50. The van der Waals surface area contributed by atoms with E-state index in [1.807, 2.05) is 49.1 Å². The second-order valence-electron chi connectivity index (χ2n) is 7.62. The average molecular weight is 464 g/mol. The Morgan fingerprint density at radius 3 is 2.67 bits per heavy atom. The minimum atomic E-state index is -3.12. The Kier molecular flexibility index (Phi) is 5.83. The number of hydrogen-bond donors (Lipinski definition) is 1. The molecule has 4 rings (SSSR count). The minimum absolute atomic E-state index is 0.0422. The van der Waals surface area contributed by atoms with Crippen molar-refractivity contribution in [2.75, 3.05) is 27.5 Å². The van der Waals surface area contributed by atoms with Crippen LogP contribution in [0.4, 0.5) is 11.4 Å². The van der Waals surface area contributed by atoms with Gasteiger partial charge in [0, 0.05) is 16.4 Å². The van der Waals surface area contributed by atoms with Crippen LogP contribution in [0.3, 0.4) is 0 Å². The van der Waals surface area contributed by atoms with Gasteiger partial charge in [0.25, 0.3) is 0 Å². The second kappa shape index (κ2) is 8.24. The van der Waals surface area contributed by atoms with Crippen molar-refractivity contribution in [3.8, 4) is 0 Å². The number of aliphatic imine (C=N–C) groups is 1. The molecule has 2 aliphatic rings. The fourth-order valence-electron chi connectivity index (χ4n) is 3.72. The normalized spacial score (nSPS) is 22.0. The average Bonchev–Trinajstić information content (AvgIpc) is 3.15. The number of thioether (sulfide) groups is 1. The van der Waals surface area contributed by atoms with Gasteiger partial charge in [-0.15, -0.1) is 0 Å². The summed E-state index contributed by atoms with van der Waals surface area (Å²) in [5.74, 6) is 0.156. The van der Waals surface area contributed by atoms with Gasteiger partial charge in [0.1, 0.15) is 0 Å². The number of amides is 1. The third-order valence-electron chi connectivity index (χ3n) is 5.21. The highest BCUT2D eigenvalue weighted by Crippen LogP contribution is 2.35. The number of carbonyl (C=O) groups is 1. The quantitative estimate of drug-likeness (QED) is 0.748. The Balaban J connectivity index is 1.50. The number of aryl methyl sites for hydroxylation is 2. The van der Waals surface area contributed by atoms with Crippen LogP contribution in [0.2, 0.25) is 5.02 Å². The lowest BCUT2D eigenvalue weighted by Gasteiger charge is -2.26. The number of carbonyl (C=O) groups excluding carboxylic acids is 1. The second-order valence-corrected chi connectivity index (χ2v) is 11.2. The maximum absolute atomic E-state index is 12.6. The first-order valence-electron chi connectivity index (χ1n) is 9.55. The highest BCUT2D eigenvalue weighted by atomic mass is 35.5. The van der Waals surface area contributed by atoms with Gasteiger partial charge in [-0.05, 0) is 55.3 Å². The number of nitrogens with zero attached hydrogens (tertiary/aromatic N) is 2. The van der Waals surface area contributed by atoms with E-state index < -0.39 is 9.84 Å². The van der Waals surface area contributed by atoms with Gasteiger partial charge in [-0.1, -0.05) is 35.5 Å². The number of sulfone groups is 1. The van der Waals surface area contributed by atoms with Gasteiger partial charge in [-0.3, -0.25) is 9.79 Å². The molecule has 0 aromatic heterocycles. The van der Waals surface area contributed by atoms with Crippen molar-refractivity contribution >= 4 is 55.6 Å². The molecule has 2 aromatic carbocycles. The molecule has 30 heavy (non-hydrogen) atoms. The number of fused-ring (bicyclic) bond motifs is 1.